The molecular weight excluding hydrogens is 399 g/mol. The lowest BCUT2D eigenvalue weighted by Gasteiger charge is -2.14. The van der Waals surface area contributed by atoms with Gasteiger partial charge in [0.1, 0.15) is 10.7 Å². The van der Waals surface area contributed by atoms with Crippen LogP contribution in [0.3, 0.4) is 0 Å². The van der Waals surface area contributed by atoms with Crippen LogP contribution in [0.1, 0.15) is 25.3 Å². The Morgan fingerprint density at radius 2 is 1.90 bits per heavy atom. The molecule has 1 fully saturated rings. The SMILES string of the molecule is Cn1cc(Cn2c(=O)c3cc(S(=O)(=O)CC4(C)CC4)c(F)cc3n(C)c2=O)cn1. The van der Waals surface area contributed by atoms with Crippen LogP contribution >= 0.6 is 0 Å². The lowest BCUT2D eigenvalue weighted by molar-refractivity contribution is 0.549. The van der Waals surface area contributed by atoms with Crippen molar-refractivity contribution >= 4 is 20.7 Å². The highest BCUT2D eigenvalue weighted by Gasteiger charge is 2.42. The summed E-state index contributed by atoms with van der Waals surface area (Å²) >= 11 is 0. The minimum absolute atomic E-state index is 0.0167. The third kappa shape index (κ3) is 3.41. The van der Waals surface area contributed by atoms with E-state index in [-0.39, 0.29) is 28.6 Å². The Balaban J connectivity index is 1.91. The van der Waals surface area contributed by atoms with Crippen molar-refractivity contribution in [2.75, 3.05) is 5.75 Å². The Morgan fingerprint density at radius 3 is 2.48 bits per heavy atom. The summed E-state index contributed by atoms with van der Waals surface area (Å²) < 4.78 is 43.9. The Morgan fingerprint density at radius 1 is 1.21 bits per heavy atom. The van der Waals surface area contributed by atoms with Gasteiger partial charge in [-0.25, -0.2) is 17.6 Å². The fraction of sp³-hybridized carbons (Fsp3) is 0.421. The van der Waals surface area contributed by atoms with Crippen molar-refractivity contribution in [1.29, 1.82) is 0 Å². The van der Waals surface area contributed by atoms with Gasteiger partial charge in [0.05, 0.1) is 29.4 Å². The topological polar surface area (TPSA) is 96.0 Å². The normalized spacial score (nSPS) is 15.7. The molecule has 1 aromatic carbocycles. The highest BCUT2D eigenvalue weighted by Crippen LogP contribution is 2.47. The van der Waals surface area contributed by atoms with Crippen LogP contribution in [0.5, 0.6) is 0 Å². The van der Waals surface area contributed by atoms with Gasteiger partial charge in [0.25, 0.3) is 5.56 Å². The van der Waals surface area contributed by atoms with Crippen LogP contribution in [0.15, 0.2) is 39.0 Å². The smallest absolute Gasteiger partial charge is 0.296 e. The maximum Gasteiger partial charge on any atom is 0.331 e. The summed E-state index contributed by atoms with van der Waals surface area (Å²) in [7, 11) is -0.777. The first-order valence-corrected chi connectivity index (χ1v) is 10.8. The Labute approximate surface area is 166 Å². The molecule has 1 aliphatic carbocycles. The molecule has 0 radical (unpaired) electrons. The molecule has 0 amide bonds. The molecule has 154 valence electrons. The van der Waals surface area contributed by atoms with Gasteiger partial charge in [0, 0.05) is 25.9 Å². The molecule has 0 bridgehead atoms. The summed E-state index contributed by atoms with van der Waals surface area (Å²) in [5, 5.41) is 4.00. The minimum atomic E-state index is -3.91. The highest BCUT2D eigenvalue weighted by molar-refractivity contribution is 7.91. The molecule has 2 aromatic heterocycles. The molecule has 1 saturated carbocycles. The first kappa shape index (κ1) is 19.6. The molecule has 10 heteroatoms. The zero-order valence-electron chi connectivity index (χ0n) is 16.3. The third-order valence-electron chi connectivity index (χ3n) is 5.48. The number of rotatable bonds is 5. The van der Waals surface area contributed by atoms with Crippen LogP contribution in [0.2, 0.25) is 0 Å². The molecule has 0 atom stereocenters. The average Bonchev–Trinajstić information content (AvgIpc) is 3.20. The zero-order valence-corrected chi connectivity index (χ0v) is 17.2. The summed E-state index contributed by atoms with van der Waals surface area (Å²) in [6, 6.07) is 2.02. The van der Waals surface area contributed by atoms with Crippen molar-refractivity contribution in [3.8, 4) is 0 Å². The molecule has 8 nitrogen and oxygen atoms in total. The minimum Gasteiger partial charge on any atom is -0.296 e. The van der Waals surface area contributed by atoms with Gasteiger partial charge in [-0.2, -0.15) is 5.10 Å². The van der Waals surface area contributed by atoms with Crippen LogP contribution in [0.25, 0.3) is 10.9 Å². The monoisotopic (exact) mass is 420 g/mol. The maximum atomic E-state index is 14.7. The van der Waals surface area contributed by atoms with Gasteiger partial charge >= 0.3 is 5.69 Å². The van der Waals surface area contributed by atoms with Crippen LogP contribution in [0.4, 0.5) is 4.39 Å². The number of aromatic nitrogens is 4. The third-order valence-corrected chi connectivity index (χ3v) is 7.54. The van der Waals surface area contributed by atoms with Gasteiger partial charge < -0.3 is 0 Å². The van der Waals surface area contributed by atoms with E-state index in [1.807, 2.05) is 6.92 Å². The standard InChI is InChI=1S/C19H21FN4O4S/c1-19(4-5-19)11-29(27,28)16-6-13-15(7-14(16)20)23(3)18(26)24(17(13)25)10-12-8-21-22(2)9-12/h6-9H,4-5,10-11H2,1-3H3. The second-order valence-electron chi connectivity index (χ2n) is 8.12. The van der Waals surface area contributed by atoms with E-state index in [1.54, 1.807) is 17.9 Å². The fourth-order valence-electron chi connectivity index (χ4n) is 3.52. The lowest BCUT2D eigenvalue weighted by Crippen LogP contribution is -2.39. The van der Waals surface area contributed by atoms with Crippen LogP contribution in [0, 0.1) is 11.2 Å². The van der Waals surface area contributed by atoms with E-state index in [0.717, 1.165) is 34.1 Å². The van der Waals surface area contributed by atoms with Crippen molar-refractivity contribution in [3.63, 3.8) is 0 Å². The van der Waals surface area contributed by atoms with Crippen molar-refractivity contribution in [3.05, 3.63) is 56.7 Å². The molecule has 4 rings (SSSR count). The first-order chi connectivity index (χ1) is 13.5. The van der Waals surface area contributed by atoms with E-state index in [9.17, 15) is 22.4 Å². The van der Waals surface area contributed by atoms with E-state index in [2.05, 4.69) is 5.10 Å². The second-order valence-corrected chi connectivity index (χ2v) is 10.1. The molecule has 1 aliphatic rings. The maximum absolute atomic E-state index is 14.7. The summed E-state index contributed by atoms with van der Waals surface area (Å²) in [5.74, 6) is -1.13. The Bertz CT molecular complexity index is 1360. The van der Waals surface area contributed by atoms with Crippen LogP contribution in [-0.4, -0.2) is 33.1 Å². The number of fused-ring (bicyclic) bond motifs is 1. The van der Waals surface area contributed by atoms with Crippen molar-refractivity contribution in [1.82, 2.24) is 18.9 Å². The molecule has 0 saturated heterocycles. The molecule has 29 heavy (non-hydrogen) atoms. The van der Waals surface area contributed by atoms with E-state index in [1.165, 1.54) is 13.2 Å². The fourth-order valence-corrected chi connectivity index (χ4v) is 5.53. The van der Waals surface area contributed by atoms with E-state index in [4.69, 9.17) is 0 Å². The quantitative estimate of drug-likeness (QED) is 0.618. The van der Waals surface area contributed by atoms with Crippen molar-refractivity contribution in [2.24, 2.45) is 19.5 Å². The summed E-state index contributed by atoms with van der Waals surface area (Å²) in [5.41, 5.74) is -0.934. The average molecular weight is 420 g/mol. The summed E-state index contributed by atoms with van der Waals surface area (Å²) in [6.07, 6.45) is 4.75. The highest BCUT2D eigenvalue weighted by atomic mass is 32.2. The largest absolute Gasteiger partial charge is 0.331 e. The van der Waals surface area contributed by atoms with Gasteiger partial charge in [0.2, 0.25) is 0 Å². The number of nitrogens with zero attached hydrogens (tertiary/aromatic N) is 4. The van der Waals surface area contributed by atoms with Gasteiger partial charge in [-0.15, -0.1) is 0 Å². The molecule has 0 unspecified atom stereocenters. The van der Waals surface area contributed by atoms with Gasteiger partial charge in [-0.05, 0) is 30.4 Å². The van der Waals surface area contributed by atoms with Gasteiger partial charge in [-0.1, -0.05) is 6.92 Å². The Kier molecular flexibility index (Phi) is 4.30. The predicted octanol–water partition coefficient (Wildman–Crippen LogP) is 1.19. The molecule has 2 heterocycles. The second kappa shape index (κ2) is 6.38. The van der Waals surface area contributed by atoms with Crippen LogP contribution < -0.4 is 11.2 Å². The number of sulfone groups is 1. The summed E-state index contributed by atoms with van der Waals surface area (Å²) in [4.78, 5) is 25.2. The first-order valence-electron chi connectivity index (χ1n) is 9.14. The van der Waals surface area contributed by atoms with E-state index in [0.29, 0.717) is 5.56 Å². The van der Waals surface area contributed by atoms with Gasteiger partial charge in [0.15, 0.2) is 9.84 Å². The number of hydrogen-bond acceptors (Lipinski definition) is 5. The number of benzene rings is 1. The Hall–Kier alpha value is -2.75. The molecule has 0 aliphatic heterocycles. The molecule has 0 N–H and O–H groups in total. The van der Waals surface area contributed by atoms with Crippen molar-refractivity contribution < 1.29 is 12.8 Å². The van der Waals surface area contributed by atoms with Crippen LogP contribution in [-0.2, 0) is 30.5 Å². The summed E-state index contributed by atoms with van der Waals surface area (Å²) in [6.45, 7) is 1.82. The molecule has 0 spiro atoms. The van der Waals surface area contributed by atoms with E-state index < -0.39 is 31.8 Å². The van der Waals surface area contributed by atoms with Gasteiger partial charge in [-0.3, -0.25) is 18.6 Å². The number of aryl methyl sites for hydroxylation is 2. The predicted molar refractivity (Wildman–Crippen MR) is 105 cm³/mol. The lowest BCUT2D eigenvalue weighted by atomic mass is 10.2. The molecule has 3 aromatic rings. The number of halogens is 1. The van der Waals surface area contributed by atoms with Crippen molar-refractivity contribution in [2.45, 2.75) is 31.2 Å². The molecular formula is C19H21FN4O4S. The zero-order chi connectivity index (χ0) is 21.1. The van der Waals surface area contributed by atoms with E-state index >= 15 is 0 Å². The number of hydrogen-bond donors (Lipinski definition) is 0.